The van der Waals surface area contributed by atoms with Crippen LogP contribution in [0.2, 0.25) is 0 Å². The first-order valence-corrected chi connectivity index (χ1v) is 12.3. The first kappa shape index (κ1) is 23.2. The van der Waals surface area contributed by atoms with Crippen LogP contribution in [0.4, 0.5) is 10.1 Å². The maximum absolute atomic E-state index is 13.1. The summed E-state index contributed by atoms with van der Waals surface area (Å²) in [4.78, 5) is 15.2. The Bertz CT molecular complexity index is 1220. The van der Waals surface area contributed by atoms with Gasteiger partial charge in [-0.3, -0.25) is 9.69 Å². The molecule has 0 unspecified atom stereocenters. The Morgan fingerprint density at radius 1 is 1.09 bits per heavy atom. The van der Waals surface area contributed by atoms with Crippen molar-refractivity contribution >= 4 is 77.8 Å². The Hall–Kier alpha value is -2.00. The number of para-hydroxylation sites is 1. The smallest absolute Gasteiger partial charge is 0.270 e. The monoisotopic (exact) mass is 591 g/mol. The van der Waals surface area contributed by atoms with Gasteiger partial charge in [0.1, 0.15) is 18.2 Å². The summed E-state index contributed by atoms with van der Waals surface area (Å²) >= 11 is 13.9. The number of rotatable bonds is 5. The summed E-state index contributed by atoms with van der Waals surface area (Å²) in [6.45, 7) is 2.25. The summed E-state index contributed by atoms with van der Waals surface area (Å²) in [5.74, 6) is 0.199. The normalized spacial score (nSPS) is 15.0. The molecule has 1 heterocycles. The van der Waals surface area contributed by atoms with E-state index in [0.717, 1.165) is 31.3 Å². The fraction of sp³-hybridized carbons (Fsp3) is 0.0833. The molecule has 1 aliphatic heterocycles. The summed E-state index contributed by atoms with van der Waals surface area (Å²) in [7, 11) is 0. The van der Waals surface area contributed by atoms with Crippen LogP contribution in [-0.2, 0) is 11.4 Å². The molecule has 0 N–H and O–H groups in total. The van der Waals surface area contributed by atoms with Crippen molar-refractivity contribution in [2.45, 2.75) is 13.5 Å². The van der Waals surface area contributed by atoms with Crippen LogP contribution in [0.15, 0.2) is 74.5 Å². The lowest BCUT2D eigenvalue weighted by molar-refractivity contribution is -0.113. The first-order valence-electron chi connectivity index (χ1n) is 9.53. The van der Waals surface area contributed by atoms with E-state index in [9.17, 15) is 9.18 Å². The van der Waals surface area contributed by atoms with Gasteiger partial charge in [-0.2, -0.15) is 0 Å². The van der Waals surface area contributed by atoms with E-state index < -0.39 is 0 Å². The van der Waals surface area contributed by atoms with Crippen molar-refractivity contribution in [1.29, 1.82) is 0 Å². The summed E-state index contributed by atoms with van der Waals surface area (Å²) < 4.78 is 21.0. The minimum atomic E-state index is -0.284. The molecule has 32 heavy (non-hydrogen) atoms. The van der Waals surface area contributed by atoms with Gasteiger partial charge in [0.25, 0.3) is 5.91 Å². The van der Waals surface area contributed by atoms with Gasteiger partial charge >= 0.3 is 0 Å². The number of aryl methyl sites for hydroxylation is 1. The second-order valence-corrected chi connectivity index (χ2v) is 10.4. The molecule has 1 saturated heterocycles. The average Bonchev–Trinajstić information content (AvgIpc) is 3.02. The average molecular weight is 593 g/mol. The van der Waals surface area contributed by atoms with Gasteiger partial charge in [0.15, 0.2) is 4.32 Å². The third-order valence-electron chi connectivity index (χ3n) is 4.76. The number of hydrogen-bond donors (Lipinski definition) is 0. The molecule has 1 amide bonds. The largest absolute Gasteiger partial charge is 0.487 e. The fourth-order valence-electron chi connectivity index (χ4n) is 3.18. The Morgan fingerprint density at radius 2 is 1.75 bits per heavy atom. The van der Waals surface area contributed by atoms with Gasteiger partial charge in [0.2, 0.25) is 0 Å². The summed E-state index contributed by atoms with van der Waals surface area (Å²) in [6, 6.07) is 17.6. The van der Waals surface area contributed by atoms with Crippen LogP contribution in [0.25, 0.3) is 6.08 Å². The van der Waals surface area contributed by atoms with E-state index in [1.165, 1.54) is 23.9 Å². The van der Waals surface area contributed by atoms with Gasteiger partial charge in [0, 0.05) is 0 Å². The minimum Gasteiger partial charge on any atom is -0.487 e. The van der Waals surface area contributed by atoms with Crippen LogP contribution in [-0.4, -0.2) is 10.2 Å². The number of anilines is 1. The van der Waals surface area contributed by atoms with Gasteiger partial charge in [-0.05, 0) is 91.9 Å². The topological polar surface area (TPSA) is 29.5 Å². The Labute approximate surface area is 211 Å². The van der Waals surface area contributed by atoms with Gasteiger partial charge in [-0.25, -0.2) is 4.39 Å². The van der Waals surface area contributed by atoms with Crippen LogP contribution in [0.5, 0.6) is 5.75 Å². The number of thiocarbonyl (C=S) groups is 1. The van der Waals surface area contributed by atoms with Crippen molar-refractivity contribution in [2.24, 2.45) is 0 Å². The predicted molar refractivity (Wildman–Crippen MR) is 139 cm³/mol. The highest BCUT2D eigenvalue weighted by atomic mass is 79.9. The fourth-order valence-corrected chi connectivity index (χ4v) is 5.91. The number of carbonyl (C=O) groups excluding carboxylic acids is 1. The number of ether oxygens (including phenoxy) is 1. The van der Waals surface area contributed by atoms with Crippen molar-refractivity contribution < 1.29 is 13.9 Å². The van der Waals surface area contributed by atoms with Crippen molar-refractivity contribution in [2.75, 3.05) is 4.90 Å². The van der Waals surface area contributed by atoms with E-state index in [-0.39, 0.29) is 11.7 Å². The van der Waals surface area contributed by atoms with E-state index in [0.29, 0.717) is 21.6 Å². The molecular formula is C24H16Br2FNO2S2. The molecule has 162 valence electrons. The van der Waals surface area contributed by atoms with Crippen molar-refractivity contribution in [1.82, 2.24) is 0 Å². The van der Waals surface area contributed by atoms with Crippen molar-refractivity contribution in [3.05, 3.63) is 97.0 Å². The molecule has 4 rings (SSSR count). The number of carbonyl (C=O) groups is 1. The van der Waals surface area contributed by atoms with E-state index in [2.05, 4.69) is 31.9 Å². The molecule has 1 fully saturated rings. The van der Waals surface area contributed by atoms with Crippen LogP contribution in [0, 0.1) is 12.7 Å². The maximum Gasteiger partial charge on any atom is 0.270 e. The van der Waals surface area contributed by atoms with E-state index >= 15 is 0 Å². The predicted octanol–water partition coefficient (Wildman–Crippen LogP) is 7.64. The molecule has 0 saturated carbocycles. The lowest BCUT2D eigenvalue weighted by Crippen LogP contribution is -2.28. The number of hydrogen-bond acceptors (Lipinski definition) is 4. The molecule has 8 heteroatoms. The maximum atomic E-state index is 13.1. The van der Waals surface area contributed by atoms with Gasteiger partial charge in [-0.1, -0.05) is 54.3 Å². The van der Waals surface area contributed by atoms with Gasteiger partial charge in [0.05, 0.1) is 19.5 Å². The standard InChI is InChI=1S/C24H16Br2FNO2S2/c1-14-4-2-3-5-20(14)28-23(29)21(32-24(28)31)12-16-10-18(25)22(19(26)11-16)30-13-15-6-8-17(27)9-7-15/h2-12H,13H2,1H3/b21-12+. The summed E-state index contributed by atoms with van der Waals surface area (Å²) in [5, 5.41) is 0. The molecule has 0 aromatic heterocycles. The molecule has 0 spiro atoms. The second-order valence-electron chi connectivity index (χ2n) is 7.03. The van der Waals surface area contributed by atoms with E-state index in [1.54, 1.807) is 17.0 Å². The Balaban J connectivity index is 1.55. The van der Waals surface area contributed by atoms with E-state index in [1.807, 2.05) is 49.4 Å². The molecular weight excluding hydrogens is 577 g/mol. The zero-order chi connectivity index (χ0) is 22.8. The zero-order valence-electron chi connectivity index (χ0n) is 16.8. The Kier molecular flexibility index (Phi) is 7.14. The molecule has 0 bridgehead atoms. The number of amides is 1. The van der Waals surface area contributed by atoms with Crippen LogP contribution >= 0.6 is 55.8 Å². The quantitative estimate of drug-likeness (QED) is 0.225. The summed E-state index contributed by atoms with van der Waals surface area (Å²) in [6.07, 6.45) is 1.82. The van der Waals surface area contributed by atoms with E-state index in [4.69, 9.17) is 17.0 Å². The van der Waals surface area contributed by atoms with Gasteiger partial charge < -0.3 is 4.74 Å². The van der Waals surface area contributed by atoms with Crippen molar-refractivity contribution in [3.8, 4) is 5.75 Å². The molecule has 1 aliphatic rings. The van der Waals surface area contributed by atoms with Crippen LogP contribution in [0.3, 0.4) is 0 Å². The third kappa shape index (κ3) is 4.98. The lowest BCUT2D eigenvalue weighted by Gasteiger charge is -2.16. The SMILES string of the molecule is Cc1ccccc1N1C(=O)/C(=C\c2cc(Br)c(OCc3ccc(F)cc3)c(Br)c2)SC1=S. The van der Waals surface area contributed by atoms with Gasteiger partial charge in [-0.15, -0.1) is 0 Å². The molecule has 3 aromatic rings. The molecule has 3 aromatic carbocycles. The molecule has 0 atom stereocenters. The van der Waals surface area contributed by atoms with Crippen LogP contribution < -0.4 is 9.64 Å². The molecule has 0 radical (unpaired) electrons. The zero-order valence-corrected chi connectivity index (χ0v) is 21.6. The lowest BCUT2D eigenvalue weighted by atomic mass is 10.1. The number of thioether (sulfide) groups is 1. The highest BCUT2D eigenvalue weighted by Gasteiger charge is 2.34. The minimum absolute atomic E-state index is 0.141. The highest BCUT2D eigenvalue weighted by molar-refractivity contribution is 9.11. The number of nitrogens with zero attached hydrogens (tertiary/aromatic N) is 1. The third-order valence-corrected chi connectivity index (χ3v) is 7.25. The Morgan fingerprint density at radius 3 is 2.41 bits per heavy atom. The summed E-state index contributed by atoms with van der Waals surface area (Å²) in [5.41, 5.74) is 3.46. The number of benzene rings is 3. The van der Waals surface area contributed by atoms with Crippen molar-refractivity contribution in [3.63, 3.8) is 0 Å². The highest BCUT2D eigenvalue weighted by Crippen LogP contribution is 2.40. The molecule has 3 nitrogen and oxygen atoms in total. The second kappa shape index (κ2) is 9.87. The first-order chi connectivity index (χ1) is 15.3. The van der Waals surface area contributed by atoms with Crippen LogP contribution in [0.1, 0.15) is 16.7 Å². The number of halogens is 3. The molecule has 0 aliphatic carbocycles.